The molecule has 0 saturated carbocycles. The lowest BCUT2D eigenvalue weighted by Crippen LogP contribution is -2.24. The van der Waals surface area contributed by atoms with Gasteiger partial charge in [-0.15, -0.1) is 0 Å². The van der Waals surface area contributed by atoms with Gasteiger partial charge in [0.2, 0.25) is 0 Å². The van der Waals surface area contributed by atoms with Crippen molar-refractivity contribution >= 4 is 23.2 Å². The van der Waals surface area contributed by atoms with E-state index in [2.05, 4.69) is 26.9 Å². The van der Waals surface area contributed by atoms with Crippen molar-refractivity contribution in [1.29, 1.82) is 0 Å². The minimum absolute atomic E-state index is 0.246. The molecule has 1 atom stereocenters. The Morgan fingerprint density at radius 3 is 2.90 bits per heavy atom. The molecule has 7 heteroatoms. The van der Waals surface area contributed by atoms with E-state index in [0.29, 0.717) is 16.7 Å². The summed E-state index contributed by atoms with van der Waals surface area (Å²) in [6.45, 7) is 2.99. The van der Waals surface area contributed by atoms with Crippen molar-refractivity contribution in [3.8, 4) is 0 Å². The lowest BCUT2D eigenvalue weighted by atomic mass is 10.1. The van der Waals surface area contributed by atoms with Crippen LogP contribution in [0, 0.1) is 6.92 Å². The lowest BCUT2D eigenvalue weighted by molar-refractivity contribution is 0.693. The maximum Gasteiger partial charge on any atom is 0.153 e. The summed E-state index contributed by atoms with van der Waals surface area (Å²) in [7, 11) is 1.95. The van der Waals surface area contributed by atoms with Gasteiger partial charge in [0.25, 0.3) is 0 Å². The Bertz CT molecular complexity index is 638. The van der Waals surface area contributed by atoms with Crippen molar-refractivity contribution < 1.29 is 0 Å². The van der Waals surface area contributed by atoms with Crippen LogP contribution in [-0.2, 0) is 7.05 Å². The van der Waals surface area contributed by atoms with Crippen LogP contribution >= 0.6 is 11.6 Å². The Labute approximate surface area is 122 Å². The van der Waals surface area contributed by atoms with E-state index < -0.39 is 0 Å². The van der Waals surface area contributed by atoms with Crippen LogP contribution in [0.4, 0.5) is 11.6 Å². The largest absolute Gasteiger partial charge is 0.382 e. The average Bonchev–Trinajstić information content (AvgIpc) is 3.01. The van der Waals surface area contributed by atoms with Crippen LogP contribution in [0.15, 0.2) is 12.5 Å². The molecule has 2 aromatic heterocycles. The second-order valence-corrected chi connectivity index (χ2v) is 5.43. The van der Waals surface area contributed by atoms with Crippen LogP contribution in [-0.4, -0.2) is 26.3 Å². The van der Waals surface area contributed by atoms with E-state index >= 15 is 0 Å². The highest BCUT2D eigenvalue weighted by Gasteiger charge is 2.31. The van der Waals surface area contributed by atoms with E-state index in [1.54, 1.807) is 0 Å². The molecule has 1 aliphatic heterocycles. The second-order valence-electron chi connectivity index (χ2n) is 5.06. The molecular weight excluding hydrogens is 276 g/mol. The molecule has 3 heterocycles. The summed E-state index contributed by atoms with van der Waals surface area (Å²) in [5.41, 5.74) is 8.17. The smallest absolute Gasteiger partial charge is 0.153 e. The van der Waals surface area contributed by atoms with Gasteiger partial charge in [-0.05, 0) is 19.8 Å². The summed E-state index contributed by atoms with van der Waals surface area (Å²) >= 11 is 6.26. The standard InChI is InChI=1S/C13H17ClN6/c1-8-9(6-18-19(8)2)10-4-3-5-20(10)13-11(14)12(15)16-7-17-13/h6-7,10H,3-5H2,1-2H3,(H2,15,16,17). The third-order valence-electron chi connectivity index (χ3n) is 3.96. The molecule has 0 aromatic carbocycles. The molecule has 1 saturated heterocycles. The van der Waals surface area contributed by atoms with E-state index in [9.17, 15) is 0 Å². The molecule has 0 aliphatic carbocycles. The van der Waals surface area contributed by atoms with Crippen LogP contribution in [0.3, 0.4) is 0 Å². The molecule has 6 nitrogen and oxygen atoms in total. The Balaban J connectivity index is 2.01. The summed E-state index contributed by atoms with van der Waals surface area (Å²) in [6, 6.07) is 0.246. The maximum atomic E-state index is 6.26. The summed E-state index contributed by atoms with van der Waals surface area (Å²) < 4.78 is 1.89. The molecule has 1 aliphatic rings. The zero-order valence-corrected chi connectivity index (χ0v) is 12.3. The predicted octanol–water partition coefficient (Wildman–Crippen LogP) is 2.10. The van der Waals surface area contributed by atoms with Crippen LogP contribution in [0.2, 0.25) is 5.02 Å². The van der Waals surface area contributed by atoms with Gasteiger partial charge in [0.05, 0.1) is 12.2 Å². The van der Waals surface area contributed by atoms with Gasteiger partial charge >= 0.3 is 0 Å². The minimum Gasteiger partial charge on any atom is -0.382 e. The van der Waals surface area contributed by atoms with Crippen molar-refractivity contribution in [1.82, 2.24) is 19.7 Å². The molecule has 0 radical (unpaired) electrons. The fourth-order valence-corrected chi connectivity index (χ4v) is 2.97. The fourth-order valence-electron chi connectivity index (χ4n) is 2.76. The van der Waals surface area contributed by atoms with E-state index in [1.807, 2.05) is 17.9 Å². The minimum atomic E-state index is 0.246. The van der Waals surface area contributed by atoms with Gasteiger partial charge < -0.3 is 10.6 Å². The zero-order valence-electron chi connectivity index (χ0n) is 11.5. The molecule has 0 bridgehead atoms. The van der Waals surface area contributed by atoms with Crippen LogP contribution in [0.5, 0.6) is 0 Å². The first kappa shape index (κ1) is 13.2. The highest BCUT2D eigenvalue weighted by Crippen LogP contribution is 2.39. The number of nitrogen functional groups attached to an aromatic ring is 1. The summed E-state index contributed by atoms with van der Waals surface area (Å²) in [5, 5.41) is 4.76. The number of nitrogens with two attached hydrogens (primary N) is 1. The van der Waals surface area contributed by atoms with Gasteiger partial charge in [-0.2, -0.15) is 5.10 Å². The van der Waals surface area contributed by atoms with E-state index in [-0.39, 0.29) is 6.04 Å². The van der Waals surface area contributed by atoms with Gasteiger partial charge in [-0.3, -0.25) is 4.68 Å². The van der Waals surface area contributed by atoms with Crippen molar-refractivity contribution in [2.45, 2.75) is 25.8 Å². The monoisotopic (exact) mass is 292 g/mol. The number of aryl methyl sites for hydroxylation is 1. The number of nitrogens with zero attached hydrogens (tertiary/aromatic N) is 5. The molecule has 0 spiro atoms. The molecule has 1 fully saturated rings. The Morgan fingerprint density at radius 2 is 2.20 bits per heavy atom. The first-order chi connectivity index (χ1) is 9.59. The number of halogens is 1. The number of rotatable bonds is 2. The van der Waals surface area contributed by atoms with E-state index in [4.69, 9.17) is 17.3 Å². The van der Waals surface area contributed by atoms with Crippen molar-refractivity contribution in [2.24, 2.45) is 7.05 Å². The van der Waals surface area contributed by atoms with Crippen LogP contribution in [0.1, 0.15) is 30.1 Å². The van der Waals surface area contributed by atoms with Gasteiger partial charge in [0.15, 0.2) is 5.82 Å². The quantitative estimate of drug-likeness (QED) is 0.917. The summed E-state index contributed by atoms with van der Waals surface area (Å²) in [4.78, 5) is 10.4. The SMILES string of the molecule is Cc1c(C2CCCN2c2ncnc(N)c2Cl)cnn1C. The third-order valence-corrected chi connectivity index (χ3v) is 4.32. The van der Waals surface area contributed by atoms with E-state index in [0.717, 1.165) is 19.4 Å². The fraction of sp³-hybridized carbons (Fsp3) is 0.462. The maximum absolute atomic E-state index is 6.26. The van der Waals surface area contributed by atoms with Crippen molar-refractivity contribution in [2.75, 3.05) is 17.2 Å². The molecule has 106 valence electrons. The molecule has 20 heavy (non-hydrogen) atoms. The number of hydrogen-bond acceptors (Lipinski definition) is 5. The van der Waals surface area contributed by atoms with E-state index in [1.165, 1.54) is 17.6 Å². The predicted molar refractivity (Wildman–Crippen MR) is 78.7 cm³/mol. The molecule has 0 amide bonds. The molecule has 3 rings (SSSR count). The lowest BCUT2D eigenvalue weighted by Gasteiger charge is -2.26. The first-order valence-electron chi connectivity index (χ1n) is 6.60. The normalized spacial score (nSPS) is 18.8. The summed E-state index contributed by atoms with van der Waals surface area (Å²) in [5.74, 6) is 1.04. The van der Waals surface area contributed by atoms with Crippen LogP contribution in [0.25, 0.3) is 0 Å². The Morgan fingerprint density at radius 1 is 1.40 bits per heavy atom. The van der Waals surface area contributed by atoms with Gasteiger partial charge in [0, 0.05) is 24.8 Å². The topological polar surface area (TPSA) is 72.9 Å². The third kappa shape index (κ3) is 2.00. The number of anilines is 2. The van der Waals surface area contributed by atoms with Crippen molar-refractivity contribution in [3.05, 3.63) is 28.8 Å². The highest BCUT2D eigenvalue weighted by molar-refractivity contribution is 6.35. The number of aromatic nitrogens is 4. The average molecular weight is 293 g/mol. The van der Waals surface area contributed by atoms with Gasteiger partial charge in [-0.1, -0.05) is 11.6 Å². The second kappa shape index (κ2) is 4.94. The Hall–Kier alpha value is -1.82. The van der Waals surface area contributed by atoms with Gasteiger partial charge in [0.1, 0.15) is 17.2 Å². The molecule has 2 aromatic rings. The van der Waals surface area contributed by atoms with Crippen molar-refractivity contribution in [3.63, 3.8) is 0 Å². The zero-order chi connectivity index (χ0) is 14.3. The number of hydrogen-bond donors (Lipinski definition) is 1. The van der Waals surface area contributed by atoms with Gasteiger partial charge in [-0.25, -0.2) is 9.97 Å². The molecular formula is C13H17ClN6. The molecule has 1 unspecified atom stereocenters. The summed E-state index contributed by atoms with van der Waals surface area (Å²) in [6.07, 6.45) is 5.55. The highest BCUT2D eigenvalue weighted by atomic mass is 35.5. The Kier molecular flexibility index (Phi) is 3.25. The first-order valence-corrected chi connectivity index (χ1v) is 6.98. The molecule has 2 N–H and O–H groups in total. The van der Waals surface area contributed by atoms with Crippen LogP contribution < -0.4 is 10.6 Å².